The van der Waals surface area contributed by atoms with Gasteiger partial charge in [0.1, 0.15) is 6.54 Å². The molecule has 3 rings (SSSR count). The first-order chi connectivity index (χ1) is 10.5. The van der Waals surface area contributed by atoms with Crippen molar-refractivity contribution in [2.24, 2.45) is 0 Å². The van der Waals surface area contributed by atoms with Crippen molar-refractivity contribution in [3.05, 3.63) is 46.1 Å². The second-order valence-electron chi connectivity index (χ2n) is 4.96. The minimum absolute atomic E-state index is 0.186. The monoisotopic (exact) mass is 302 g/mol. The van der Waals surface area contributed by atoms with E-state index in [1.165, 1.54) is 12.0 Å². The van der Waals surface area contributed by atoms with E-state index >= 15 is 0 Å². The van der Waals surface area contributed by atoms with Gasteiger partial charge < -0.3 is 4.74 Å². The van der Waals surface area contributed by atoms with Crippen LogP contribution in [0.4, 0.5) is 10.5 Å². The largest absolute Gasteiger partial charge is 0.468 e. The summed E-state index contributed by atoms with van der Waals surface area (Å²) in [5, 5.41) is 0. The zero-order valence-electron chi connectivity index (χ0n) is 12.1. The van der Waals surface area contributed by atoms with Crippen molar-refractivity contribution in [1.82, 2.24) is 14.3 Å². The summed E-state index contributed by atoms with van der Waals surface area (Å²) >= 11 is 0. The number of aromatic nitrogens is 3. The number of carbonyl (C=O) groups is 2. The number of methoxy groups -OCH3 is 1. The number of anilines is 1. The van der Waals surface area contributed by atoms with Crippen LogP contribution in [0.1, 0.15) is 11.4 Å². The molecule has 0 radical (unpaired) electrons. The maximum absolute atomic E-state index is 12.5. The SMILES string of the molecule is COC(=O)Cn1c(=O)nc2n1C(=O)N(c1ccc(C)cc1)C2. The highest BCUT2D eigenvalue weighted by Gasteiger charge is 2.33. The molecular formula is C14H14N4O4. The van der Waals surface area contributed by atoms with Crippen LogP contribution in [0, 0.1) is 6.92 Å². The first-order valence-electron chi connectivity index (χ1n) is 6.65. The van der Waals surface area contributed by atoms with E-state index in [9.17, 15) is 14.4 Å². The molecule has 1 aromatic heterocycles. The lowest BCUT2D eigenvalue weighted by Gasteiger charge is -2.15. The number of amides is 1. The van der Waals surface area contributed by atoms with Crippen LogP contribution in [-0.4, -0.2) is 33.5 Å². The van der Waals surface area contributed by atoms with E-state index in [1.807, 2.05) is 31.2 Å². The van der Waals surface area contributed by atoms with Gasteiger partial charge in [-0.3, -0.25) is 9.69 Å². The van der Waals surface area contributed by atoms with Gasteiger partial charge in [-0.2, -0.15) is 9.67 Å². The summed E-state index contributed by atoms with van der Waals surface area (Å²) in [4.78, 5) is 41.0. The Morgan fingerprint density at radius 3 is 2.59 bits per heavy atom. The van der Waals surface area contributed by atoms with Crippen LogP contribution in [-0.2, 0) is 22.6 Å². The molecule has 0 spiro atoms. The van der Waals surface area contributed by atoms with Gasteiger partial charge in [-0.15, -0.1) is 0 Å². The van der Waals surface area contributed by atoms with Gasteiger partial charge in [0.05, 0.1) is 13.7 Å². The minimum atomic E-state index is -0.641. The lowest BCUT2D eigenvalue weighted by Crippen LogP contribution is -2.35. The van der Waals surface area contributed by atoms with Crippen LogP contribution < -0.4 is 10.6 Å². The Balaban J connectivity index is 1.96. The third-order valence-corrected chi connectivity index (χ3v) is 3.50. The standard InChI is InChI=1S/C14H14N4O4/c1-9-3-5-10(6-4-9)16-7-11-15-13(20)17(8-12(19)22-2)18(11)14(16)21/h3-6H,7-8H2,1-2H3. The Morgan fingerprint density at radius 1 is 1.27 bits per heavy atom. The molecule has 1 aromatic carbocycles. The second-order valence-corrected chi connectivity index (χ2v) is 4.96. The molecule has 8 heteroatoms. The molecule has 1 aliphatic heterocycles. The lowest BCUT2D eigenvalue weighted by molar-refractivity contribution is -0.141. The Hall–Kier alpha value is -2.90. The Bertz CT molecular complexity index is 803. The molecule has 0 atom stereocenters. The van der Waals surface area contributed by atoms with E-state index < -0.39 is 17.7 Å². The summed E-state index contributed by atoms with van der Waals surface area (Å²) in [6, 6.07) is 7.01. The third kappa shape index (κ3) is 2.18. The second kappa shape index (κ2) is 5.14. The van der Waals surface area contributed by atoms with Gasteiger partial charge in [0.25, 0.3) is 0 Å². The van der Waals surface area contributed by atoms with Crippen LogP contribution in [0.15, 0.2) is 29.1 Å². The zero-order chi connectivity index (χ0) is 15.9. The Labute approximate surface area is 125 Å². The number of aryl methyl sites for hydroxylation is 1. The number of fused-ring (bicyclic) bond motifs is 1. The number of rotatable bonds is 3. The van der Waals surface area contributed by atoms with Crippen molar-refractivity contribution < 1.29 is 14.3 Å². The smallest absolute Gasteiger partial charge is 0.365 e. The first-order valence-corrected chi connectivity index (χ1v) is 6.65. The molecule has 0 aliphatic carbocycles. The number of hydrogen-bond donors (Lipinski definition) is 0. The van der Waals surface area contributed by atoms with E-state index in [0.717, 1.165) is 14.9 Å². The number of benzene rings is 1. The van der Waals surface area contributed by atoms with E-state index in [1.54, 1.807) is 0 Å². The first kappa shape index (κ1) is 14.1. The summed E-state index contributed by atoms with van der Waals surface area (Å²) in [5.74, 6) is -0.314. The van der Waals surface area contributed by atoms with Gasteiger partial charge >= 0.3 is 17.7 Å². The molecule has 2 heterocycles. The number of esters is 1. The summed E-state index contributed by atoms with van der Waals surface area (Å²) in [5.41, 5.74) is 1.14. The van der Waals surface area contributed by atoms with Gasteiger partial charge in [-0.05, 0) is 19.1 Å². The van der Waals surface area contributed by atoms with Gasteiger partial charge in [0.2, 0.25) is 0 Å². The van der Waals surface area contributed by atoms with Crippen LogP contribution in [0.3, 0.4) is 0 Å². The summed E-state index contributed by atoms with van der Waals surface area (Å²) in [6.07, 6.45) is 0. The number of ether oxygens (including phenoxy) is 1. The lowest BCUT2D eigenvalue weighted by atomic mass is 10.2. The van der Waals surface area contributed by atoms with E-state index in [0.29, 0.717) is 11.5 Å². The minimum Gasteiger partial charge on any atom is -0.468 e. The summed E-state index contributed by atoms with van der Waals surface area (Å²) < 4.78 is 6.64. The summed E-state index contributed by atoms with van der Waals surface area (Å²) in [7, 11) is 1.22. The molecule has 1 aliphatic rings. The van der Waals surface area contributed by atoms with Crippen molar-refractivity contribution in [3.8, 4) is 0 Å². The summed E-state index contributed by atoms with van der Waals surface area (Å²) in [6.45, 7) is 1.79. The van der Waals surface area contributed by atoms with E-state index in [4.69, 9.17) is 0 Å². The molecule has 0 bridgehead atoms. The molecule has 0 saturated carbocycles. The highest BCUT2D eigenvalue weighted by atomic mass is 16.5. The normalized spacial score (nSPS) is 13.4. The van der Waals surface area contributed by atoms with Crippen molar-refractivity contribution >= 4 is 17.7 Å². The maximum Gasteiger partial charge on any atom is 0.365 e. The molecule has 114 valence electrons. The number of hydrogen-bond acceptors (Lipinski definition) is 5. The molecule has 22 heavy (non-hydrogen) atoms. The van der Waals surface area contributed by atoms with Crippen molar-refractivity contribution in [2.45, 2.75) is 20.0 Å². The highest BCUT2D eigenvalue weighted by molar-refractivity contribution is 5.95. The Morgan fingerprint density at radius 2 is 1.95 bits per heavy atom. The van der Waals surface area contributed by atoms with Gasteiger partial charge in [0.15, 0.2) is 5.82 Å². The molecule has 2 aromatic rings. The maximum atomic E-state index is 12.5. The Kier molecular flexibility index (Phi) is 3.28. The average molecular weight is 302 g/mol. The molecule has 8 nitrogen and oxygen atoms in total. The fourth-order valence-corrected chi connectivity index (χ4v) is 2.33. The third-order valence-electron chi connectivity index (χ3n) is 3.50. The molecule has 0 unspecified atom stereocenters. The van der Waals surface area contributed by atoms with E-state index in [2.05, 4.69) is 9.72 Å². The fourth-order valence-electron chi connectivity index (χ4n) is 2.33. The zero-order valence-corrected chi connectivity index (χ0v) is 12.1. The predicted octanol–water partition coefficient (Wildman–Crippen LogP) is 0.515. The van der Waals surface area contributed by atoms with Crippen LogP contribution in [0.2, 0.25) is 0 Å². The average Bonchev–Trinajstić information content (AvgIpc) is 2.97. The van der Waals surface area contributed by atoms with Gasteiger partial charge in [-0.1, -0.05) is 17.7 Å². The van der Waals surface area contributed by atoms with Crippen molar-refractivity contribution in [2.75, 3.05) is 12.0 Å². The van der Waals surface area contributed by atoms with E-state index in [-0.39, 0.29) is 13.1 Å². The van der Waals surface area contributed by atoms with Crippen molar-refractivity contribution in [3.63, 3.8) is 0 Å². The molecular weight excluding hydrogens is 288 g/mol. The van der Waals surface area contributed by atoms with Crippen LogP contribution >= 0.6 is 0 Å². The van der Waals surface area contributed by atoms with Crippen molar-refractivity contribution in [1.29, 1.82) is 0 Å². The predicted molar refractivity (Wildman–Crippen MR) is 76.7 cm³/mol. The quantitative estimate of drug-likeness (QED) is 0.771. The molecule has 0 N–H and O–H groups in total. The molecule has 0 saturated heterocycles. The van der Waals surface area contributed by atoms with Gasteiger partial charge in [-0.25, -0.2) is 14.3 Å². The van der Waals surface area contributed by atoms with Gasteiger partial charge in [0, 0.05) is 5.69 Å². The number of nitrogens with zero attached hydrogens (tertiary/aromatic N) is 4. The topological polar surface area (TPSA) is 86.4 Å². The number of carbonyl (C=O) groups excluding carboxylic acids is 2. The highest BCUT2D eigenvalue weighted by Crippen LogP contribution is 2.23. The van der Waals surface area contributed by atoms with Crippen LogP contribution in [0.5, 0.6) is 0 Å². The van der Waals surface area contributed by atoms with Crippen LogP contribution in [0.25, 0.3) is 0 Å². The fraction of sp³-hybridized carbons (Fsp3) is 0.286. The molecule has 1 amide bonds. The molecule has 0 fully saturated rings.